The Hall–Kier alpha value is -0.923. The van der Waals surface area contributed by atoms with Gasteiger partial charge in [-0.25, -0.2) is 0 Å². The van der Waals surface area contributed by atoms with Crippen molar-refractivity contribution in [1.29, 1.82) is 0 Å². The first kappa shape index (κ1) is 18.1. The molecular weight excluding hydrogens is 290 g/mol. The van der Waals surface area contributed by atoms with Gasteiger partial charge in [0.05, 0.1) is 11.8 Å². The smallest absolute Gasteiger partial charge is 0.334 e. The van der Waals surface area contributed by atoms with Crippen LogP contribution >= 0.6 is 0 Å². The number of carboxylic acids is 1. The zero-order valence-corrected chi connectivity index (χ0v) is 14.2. The van der Waals surface area contributed by atoms with E-state index in [2.05, 4.69) is 5.32 Å². The summed E-state index contributed by atoms with van der Waals surface area (Å²) in [6.45, 7) is 2.52. The number of hydrogen-bond donors (Lipinski definition) is 2. The molecule has 0 aliphatic heterocycles. The molecule has 0 bridgehead atoms. The van der Waals surface area contributed by atoms with E-state index in [1.165, 1.54) is 0 Å². The van der Waals surface area contributed by atoms with Crippen LogP contribution in [0.25, 0.3) is 0 Å². The van der Waals surface area contributed by atoms with E-state index >= 15 is 0 Å². The molecule has 2 unspecified atom stereocenters. The third-order valence-corrected chi connectivity index (χ3v) is 7.38. The highest BCUT2D eigenvalue weighted by Crippen LogP contribution is 2.30. The van der Waals surface area contributed by atoms with Crippen molar-refractivity contribution >= 4 is 20.4 Å². The van der Waals surface area contributed by atoms with Gasteiger partial charge < -0.3 is 19.3 Å². The van der Waals surface area contributed by atoms with Crippen LogP contribution in [0, 0.1) is 11.8 Å². The quantitative estimate of drug-likeness (QED) is 0.526. The van der Waals surface area contributed by atoms with Gasteiger partial charge in [0.15, 0.2) is 0 Å². The molecule has 0 radical (unpaired) electrons. The number of amides is 1. The summed E-state index contributed by atoms with van der Waals surface area (Å²) >= 11 is 0. The van der Waals surface area contributed by atoms with Crippen molar-refractivity contribution in [3.8, 4) is 0 Å². The van der Waals surface area contributed by atoms with Crippen LogP contribution in [0.4, 0.5) is 0 Å². The normalized spacial score (nSPS) is 22.8. The van der Waals surface area contributed by atoms with E-state index in [0.717, 1.165) is 25.3 Å². The molecule has 1 saturated carbocycles. The Bertz CT molecular complexity index is 359. The molecule has 1 rings (SSSR count). The first-order valence-electron chi connectivity index (χ1n) is 7.54. The first-order chi connectivity index (χ1) is 9.93. The topological polar surface area (TPSA) is 84.9 Å². The molecule has 1 aliphatic carbocycles. The molecule has 0 aromatic rings. The molecule has 0 heterocycles. The molecule has 2 N–H and O–H groups in total. The largest absolute Gasteiger partial charge is 0.481 e. The van der Waals surface area contributed by atoms with Crippen LogP contribution in [0.1, 0.15) is 32.1 Å². The molecule has 21 heavy (non-hydrogen) atoms. The lowest BCUT2D eigenvalue weighted by atomic mass is 9.79. The number of hydrogen-bond acceptors (Lipinski definition) is 4. The summed E-state index contributed by atoms with van der Waals surface area (Å²) in [5, 5.41) is 12.1. The third kappa shape index (κ3) is 5.41. The van der Waals surface area contributed by atoms with Crippen LogP contribution in [-0.2, 0) is 18.4 Å². The van der Waals surface area contributed by atoms with E-state index in [4.69, 9.17) is 8.85 Å². The minimum absolute atomic E-state index is 0.125. The number of nitrogens with one attached hydrogen (secondary N) is 1. The van der Waals surface area contributed by atoms with Crippen LogP contribution < -0.4 is 5.32 Å². The van der Waals surface area contributed by atoms with Crippen molar-refractivity contribution in [3.63, 3.8) is 0 Å². The number of aliphatic carboxylic acids is 1. The zero-order chi connectivity index (χ0) is 15.9. The predicted octanol–water partition coefficient (Wildman–Crippen LogP) is 1.75. The lowest BCUT2D eigenvalue weighted by molar-refractivity contribution is -0.148. The molecule has 6 nitrogen and oxygen atoms in total. The molecule has 7 heteroatoms. The molecule has 1 fully saturated rings. The van der Waals surface area contributed by atoms with Gasteiger partial charge in [-0.05, 0) is 31.9 Å². The Labute approximate surface area is 127 Å². The van der Waals surface area contributed by atoms with Crippen LogP contribution in [0.2, 0.25) is 12.6 Å². The Morgan fingerprint density at radius 3 is 2.29 bits per heavy atom. The molecule has 1 aliphatic rings. The van der Waals surface area contributed by atoms with Gasteiger partial charge in [-0.3, -0.25) is 9.59 Å². The fourth-order valence-electron chi connectivity index (χ4n) is 2.78. The van der Waals surface area contributed by atoms with Crippen molar-refractivity contribution in [2.75, 3.05) is 20.8 Å². The highest BCUT2D eigenvalue weighted by Gasteiger charge is 2.35. The molecule has 0 aromatic carbocycles. The van der Waals surface area contributed by atoms with Crippen molar-refractivity contribution in [2.24, 2.45) is 11.8 Å². The molecule has 0 saturated heterocycles. The summed E-state index contributed by atoms with van der Waals surface area (Å²) in [6.07, 6.45) is 3.88. The lowest BCUT2D eigenvalue weighted by Gasteiger charge is -2.27. The van der Waals surface area contributed by atoms with Gasteiger partial charge >= 0.3 is 14.5 Å². The third-order valence-electron chi connectivity index (χ3n) is 4.39. The second-order valence-electron chi connectivity index (χ2n) is 5.77. The molecular formula is C14H27NO5Si. The van der Waals surface area contributed by atoms with Crippen LogP contribution in [0.5, 0.6) is 0 Å². The molecule has 2 atom stereocenters. The Morgan fingerprint density at radius 2 is 1.76 bits per heavy atom. The summed E-state index contributed by atoms with van der Waals surface area (Å²) in [5.74, 6) is -1.89. The maximum absolute atomic E-state index is 12.2. The highest BCUT2D eigenvalue weighted by atomic mass is 28.4. The second kappa shape index (κ2) is 8.50. The van der Waals surface area contributed by atoms with Gasteiger partial charge in [0.25, 0.3) is 0 Å². The van der Waals surface area contributed by atoms with Crippen LogP contribution in [0.15, 0.2) is 0 Å². The van der Waals surface area contributed by atoms with E-state index < -0.39 is 20.4 Å². The molecule has 1 amide bonds. The van der Waals surface area contributed by atoms with E-state index in [-0.39, 0.29) is 11.8 Å². The summed E-state index contributed by atoms with van der Waals surface area (Å²) in [7, 11) is 1.21. The number of carbonyl (C=O) groups excluding carboxylic acids is 1. The second-order valence-corrected chi connectivity index (χ2v) is 9.36. The van der Waals surface area contributed by atoms with Gasteiger partial charge in [-0.2, -0.15) is 0 Å². The summed E-state index contributed by atoms with van der Waals surface area (Å²) in [4.78, 5) is 23.4. The minimum atomic E-state index is -2.09. The Morgan fingerprint density at radius 1 is 1.19 bits per heavy atom. The molecule has 0 aromatic heterocycles. The molecule has 122 valence electrons. The van der Waals surface area contributed by atoms with E-state index in [0.29, 0.717) is 19.4 Å². The fraction of sp³-hybridized carbons (Fsp3) is 0.857. The maximum Gasteiger partial charge on any atom is 0.334 e. The van der Waals surface area contributed by atoms with Gasteiger partial charge in [-0.1, -0.05) is 12.8 Å². The van der Waals surface area contributed by atoms with Gasteiger partial charge in [-0.15, -0.1) is 0 Å². The summed E-state index contributed by atoms with van der Waals surface area (Å²) in [5.41, 5.74) is 0. The maximum atomic E-state index is 12.2. The SMILES string of the molecule is CO[Si](C)(CCCNC(=O)C1CCCCC1C(=O)O)OC. The van der Waals surface area contributed by atoms with Crippen molar-refractivity contribution in [3.05, 3.63) is 0 Å². The van der Waals surface area contributed by atoms with E-state index in [1.807, 2.05) is 6.55 Å². The monoisotopic (exact) mass is 317 g/mol. The Kier molecular flexibility index (Phi) is 7.34. The van der Waals surface area contributed by atoms with Gasteiger partial charge in [0.1, 0.15) is 0 Å². The highest BCUT2D eigenvalue weighted by molar-refractivity contribution is 6.65. The van der Waals surface area contributed by atoms with E-state index in [9.17, 15) is 14.7 Å². The van der Waals surface area contributed by atoms with Crippen LogP contribution in [0.3, 0.4) is 0 Å². The number of carbonyl (C=O) groups is 2. The summed E-state index contributed by atoms with van der Waals surface area (Å²) in [6, 6.07) is 0.799. The van der Waals surface area contributed by atoms with Crippen molar-refractivity contribution in [1.82, 2.24) is 5.32 Å². The van der Waals surface area contributed by atoms with Gasteiger partial charge in [0.2, 0.25) is 5.91 Å². The minimum Gasteiger partial charge on any atom is -0.481 e. The molecule has 0 spiro atoms. The Balaban J connectivity index is 2.37. The van der Waals surface area contributed by atoms with Crippen LogP contribution in [-0.4, -0.2) is 46.3 Å². The number of rotatable bonds is 8. The average molecular weight is 317 g/mol. The number of carboxylic acid groups (broad SMARTS) is 1. The van der Waals surface area contributed by atoms with Gasteiger partial charge in [0, 0.05) is 20.8 Å². The summed E-state index contributed by atoms with van der Waals surface area (Å²) < 4.78 is 10.8. The average Bonchev–Trinajstić information content (AvgIpc) is 2.51. The predicted molar refractivity (Wildman–Crippen MR) is 81.2 cm³/mol. The van der Waals surface area contributed by atoms with Crippen molar-refractivity contribution < 1.29 is 23.5 Å². The lowest BCUT2D eigenvalue weighted by Crippen LogP contribution is -2.41. The van der Waals surface area contributed by atoms with Crippen molar-refractivity contribution in [2.45, 2.75) is 44.7 Å². The first-order valence-corrected chi connectivity index (χ1v) is 10.1. The fourth-order valence-corrected chi connectivity index (χ4v) is 4.17. The van der Waals surface area contributed by atoms with E-state index in [1.54, 1.807) is 14.2 Å². The standard InChI is InChI=1S/C14H27NO5Si/c1-19-21(3,20-2)10-6-9-15-13(16)11-7-4-5-8-12(11)14(17)18/h11-12H,4-10H2,1-3H3,(H,15,16)(H,17,18). The zero-order valence-electron chi connectivity index (χ0n) is 13.2.